The zero-order valence-corrected chi connectivity index (χ0v) is 9.82. The third-order valence-corrected chi connectivity index (χ3v) is 2.62. The molecule has 5 heteroatoms. The smallest absolute Gasteiger partial charge is 0.387 e. The summed E-state index contributed by atoms with van der Waals surface area (Å²) >= 11 is 0. The Labute approximate surface area is 98.9 Å². The molecule has 3 nitrogen and oxygen atoms in total. The fourth-order valence-electron chi connectivity index (χ4n) is 2.13. The number of hydrogen-bond donors (Lipinski definition) is 0. The first-order valence-corrected chi connectivity index (χ1v) is 5.39. The molecule has 1 aliphatic rings. The van der Waals surface area contributed by atoms with E-state index in [1.165, 1.54) is 12.1 Å². The molecule has 0 aliphatic carbocycles. The second-order valence-corrected chi connectivity index (χ2v) is 4.57. The Kier molecular flexibility index (Phi) is 3.19. The van der Waals surface area contributed by atoms with Crippen molar-refractivity contribution in [2.75, 3.05) is 20.1 Å². The predicted molar refractivity (Wildman–Crippen MR) is 59.6 cm³/mol. The van der Waals surface area contributed by atoms with E-state index in [1.807, 2.05) is 14.0 Å². The number of ether oxygens (including phenoxy) is 2. The van der Waals surface area contributed by atoms with Crippen LogP contribution in [0.4, 0.5) is 8.78 Å². The molecule has 94 valence electrons. The van der Waals surface area contributed by atoms with Crippen LogP contribution >= 0.6 is 0 Å². The molecule has 0 N–H and O–H groups in total. The third-order valence-electron chi connectivity index (χ3n) is 2.62. The van der Waals surface area contributed by atoms with E-state index >= 15 is 0 Å². The van der Waals surface area contributed by atoms with Gasteiger partial charge in [0.05, 0.1) is 0 Å². The number of benzene rings is 1. The van der Waals surface area contributed by atoms with Gasteiger partial charge in [-0.25, -0.2) is 0 Å². The number of hydrogen-bond acceptors (Lipinski definition) is 3. The van der Waals surface area contributed by atoms with Gasteiger partial charge >= 0.3 is 6.61 Å². The molecule has 0 radical (unpaired) electrons. The Morgan fingerprint density at radius 2 is 1.71 bits per heavy atom. The molecule has 0 aromatic heterocycles. The second-order valence-electron chi connectivity index (χ2n) is 4.57. The fourth-order valence-corrected chi connectivity index (χ4v) is 2.13. The fraction of sp³-hybridized carbons (Fsp3) is 0.500. The van der Waals surface area contributed by atoms with Crippen LogP contribution in [0.2, 0.25) is 0 Å². The second kappa shape index (κ2) is 4.49. The van der Waals surface area contributed by atoms with E-state index in [-0.39, 0.29) is 11.4 Å². The van der Waals surface area contributed by atoms with Crippen molar-refractivity contribution in [2.45, 2.75) is 19.1 Å². The zero-order valence-electron chi connectivity index (χ0n) is 9.82. The van der Waals surface area contributed by atoms with Crippen LogP contribution in [0.1, 0.15) is 6.92 Å². The van der Waals surface area contributed by atoms with Crippen LogP contribution in [0.15, 0.2) is 24.3 Å². The van der Waals surface area contributed by atoms with Crippen molar-refractivity contribution in [1.29, 1.82) is 0 Å². The molecule has 1 aliphatic heterocycles. The molecule has 0 atom stereocenters. The summed E-state index contributed by atoms with van der Waals surface area (Å²) in [6, 6.07) is 6.24. The molecule has 0 spiro atoms. The lowest BCUT2D eigenvalue weighted by molar-refractivity contribution is -0.0524. The van der Waals surface area contributed by atoms with Crippen LogP contribution in [0.25, 0.3) is 0 Å². The van der Waals surface area contributed by atoms with Gasteiger partial charge in [0.25, 0.3) is 0 Å². The highest BCUT2D eigenvalue weighted by Crippen LogP contribution is 2.27. The topological polar surface area (TPSA) is 21.7 Å². The van der Waals surface area contributed by atoms with E-state index in [4.69, 9.17) is 4.74 Å². The average Bonchev–Trinajstić information content (AvgIpc) is 2.18. The van der Waals surface area contributed by atoms with Gasteiger partial charge in [-0.15, -0.1) is 0 Å². The molecule has 0 unspecified atom stereocenters. The SMILES string of the molecule is CN1CC(C)(Oc2ccc(OC(F)F)cc2)C1. The minimum absolute atomic E-state index is 0.142. The van der Waals surface area contributed by atoms with E-state index in [0.29, 0.717) is 5.75 Å². The number of alkyl halides is 2. The Hall–Kier alpha value is -1.36. The highest BCUT2D eigenvalue weighted by atomic mass is 19.3. The summed E-state index contributed by atoms with van der Waals surface area (Å²) in [5, 5.41) is 0. The summed E-state index contributed by atoms with van der Waals surface area (Å²) in [6.07, 6.45) is 0. The number of likely N-dealkylation sites (N-methyl/N-ethyl adjacent to an activating group) is 1. The molecule has 0 bridgehead atoms. The van der Waals surface area contributed by atoms with Crippen LogP contribution in [0.3, 0.4) is 0 Å². The third kappa shape index (κ3) is 3.06. The number of likely N-dealkylation sites (tertiary alicyclic amines) is 1. The lowest BCUT2D eigenvalue weighted by Gasteiger charge is -2.45. The van der Waals surface area contributed by atoms with Crippen LogP contribution in [-0.4, -0.2) is 37.2 Å². The van der Waals surface area contributed by atoms with E-state index in [2.05, 4.69) is 9.64 Å². The summed E-state index contributed by atoms with van der Waals surface area (Å²) in [6.45, 7) is 0.959. The molecule has 1 heterocycles. The van der Waals surface area contributed by atoms with Crippen LogP contribution < -0.4 is 9.47 Å². The van der Waals surface area contributed by atoms with Gasteiger partial charge in [-0.2, -0.15) is 8.78 Å². The van der Waals surface area contributed by atoms with Crippen molar-refractivity contribution in [1.82, 2.24) is 4.90 Å². The Morgan fingerprint density at radius 1 is 1.18 bits per heavy atom. The van der Waals surface area contributed by atoms with E-state index in [9.17, 15) is 8.78 Å². The van der Waals surface area contributed by atoms with Gasteiger partial charge in [0, 0.05) is 13.1 Å². The van der Waals surface area contributed by atoms with Crippen molar-refractivity contribution < 1.29 is 18.3 Å². The number of halogens is 2. The summed E-state index contributed by atoms with van der Waals surface area (Å²) in [5.74, 6) is 0.811. The Morgan fingerprint density at radius 3 is 2.18 bits per heavy atom. The maximum absolute atomic E-state index is 11.9. The minimum Gasteiger partial charge on any atom is -0.485 e. The van der Waals surface area contributed by atoms with Gasteiger partial charge in [0.15, 0.2) is 0 Å². The van der Waals surface area contributed by atoms with Gasteiger partial charge in [0.1, 0.15) is 17.1 Å². The van der Waals surface area contributed by atoms with Gasteiger partial charge in [-0.1, -0.05) is 0 Å². The molecule has 1 aromatic carbocycles. The Bertz CT molecular complexity index is 375. The largest absolute Gasteiger partial charge is 0.485 e. The first-order valence-electron chi connectivity index (χ1n) is 5.39. The Balaban J connectivity index is 1.94. The van der Waals surface area contributed by atoms with Gasteiger partial charge in [-0.05, 0) is 38.2 Å². The normalized spacial score (nSPS) is 18.9. The molecule has 1 fully saturated rings. The van der Waals surface area contributed by atoms with Gasteiger partial charge < -0.3 is 9.47 Å². The molecule has 17 heavy (non-hydrogen) atoms. The summed E-state index contributed by atoms with van der Waals surface area (Å²) < 4.78 is 33.9. The average molecular weight is 243 g/mol. The first kappa shape index (κ1) is 12.1. The maximum atomic E-state index is 11.9. The van der Waals surface area contributed by atoms with Gasteiger partial charge in [0.2, 0.25) is 0 Å². The van der Waals surface area contributed by atoms with Crippen molar-refractivity contribution in [2.24, 2.45) is 0 Å². The van der Waals surface area contributed by atoms with E-state index in [0.717, 1.165) is 13.1 Å². The molecular weight excluding hydrogens is 228 g/mol. The number of nitrogens with zero attached hydrogens (tertiary/aromatic N) is 1. The molecule has 2 rings (SSSR count). The maximum Gasteiger partial charge on any atom is 0.387 e. The molecule has 0 saturated carbocycles. The molecule has 1 aromatic rings. The van der Waals surface area contributed by atoms with Gasteiger partial charge in [-0.3, -0.25) is 4.90 Å². The highest BCUT2D eigenvalue weighted by molar-refractivity contribution is 5.32. The van der Waals surface area contributed by atoms with Crippen LogP contribution in [0.5, 0.6) is 11.5 Å². The first-order chi connectivity index (χ1) is 7.97. The zero-order chi connectivity index (χ0) is 12.5. The van der Waals surface area contributed by atoms with Crippen LogP contribution in [-0.2, 0) is 0 Å². The van der Waals surface area contributed by atoms with E-state index in [1.54, 1.807) is 12.1 Å². The van der Waals surface area contributed by atoms with E-state index < -0.39 is 6.61 Å². The van der Waals surface area contributed by atoms with Crippen molar-refractivity contribution in [3.05, 3.63) is 24.3 Å². The lowest BCUT2D eigenvalue weighted by Crippen LogP contribution is -2.61. The monoisotopic (exact) mass is 243 g/mol. The van der Waals surface area contributed by atoms with Crippen molar-refractivity contribution in [3.63, 3.8) is 0 Å². The number of rotatable bonds is 4. The summed E-state index contributed by atoms with van der Waals surface area (Å²) in [7, 11) is 2.02. The standard InChI is InChI=1S/C12H15F2NO2/c1-12(7-15(2)8-12)17-10-5-3-9(4-6-10)16-11(13)14/h3-6,11H,7-8H2,1-2H3. The van der Waals surface area contributed by atoms with Crippen molar-refractivity contribution >= 4 is 0 Å². The molecular formula is C12H15F2NO2. The predicted octanol–water partition coefficient (Wildman–Crippen LogP) is 2.37. The lowest BCUT2D eigenvalue weighted by atomic mass is 9.97. The van der Waals surface area contributed by atoms with Crippen LogP contribution in [0, 0.1) is 0 Å². The molecule has 1 saturated heterocycles. The van der Waals surface area contributed by atoms with Crippen molar-refractivity contribution in [3.8, 4) is 11.5 Å². The minimum atomic E-state index is -2.79. The quantitative estimate of drug-likeness (QED) is 0.810. The summed E-state index contributed by atoms with van der Waals surface area (Å²) in [5.41, 5.74) is -0.181. The molecule has 0 amide bonds. The highest BCUT2D eigenvalue weighted by Gasteiger charge is 2.38. The summed E-state index contributed by atoms with van der Waals surface area (Å²) in [4.78, 5) is 2.15.